The van der Waals surface area contributed by atoms with Crippen molar-refractivity contribution in [1.29, 1.82) is 0 Å². The largest absolute Gasteiger partial charge is 0.481 e. The van der Waals surface area contributed by atoms with Gasteiger partial charge in [0.25, 0.3) is 0 Å². The molecule has 1 heterocycles. The third-order valence-corrected chi connectivity index (χ3v) is 7.95. The minimum atomic E-state index is -0.972. The van der Waals surface area contributed by atoms with Gasteiger partial charge in [0.2, 0.25) is 11.8 Å². The van der Waals surface area contributed by atoms with Crippen LogP contribution in [0, 0.1) is 5.92 Å². The Bertz CT molecular complexity index is 1600. The van der Waals surface area contributed by atoms with E-state index in [1.807, 2.05) is 74.6 Å². The van der Waals surface area contributed by atoms with E-state index in [2.05, 4.69) is 26.1 Å². The molecule has 0 bridgehead atoms. The number of hydrogen-bond donors (Lipinski definition) is 9. The number of amides is 2. The van der Waals surface area contributed by atoms with Gasteiger partial charge in [-0.15, -0.1) is 0 Å². The summed E-state index contributed by atoms with van der Waals surface area (Å²) in [4.78, 5) is 66.3. The summed E-state index contributed by atoms with van der Waals surface area (Å²) in [7, 11) is 0. The lowest BCUT2D eigenvalue weighted by molar-refractivity contribution is -0.138. The van der Waals surface area contributed by atoms with Crippen molar-refractivity contribution in [3.63, 3.8) is 0 Å². The number of carbonyl (C=O) groups excluding carboxylic acids is 4. The molecule has 13 N–H and O–H groups in total. The number of ketones is 2. The molecular weight excluding hydrogens is 654 g/mol. The van der Waals surface area contributed by atoms with Crippen LogP contribution in [-0.2, 0) is 36.8 Å². The Morgan fingerprint density at radius 3 is 2.12 bits per heavy atom. The second-order valence-corrected chi connectivity index (χ2v) is 12.8. The summed E-state index contributed by atoms with van der Waals surface area (Å²) in [6, 6.07) is 14.4. The Morgan fingerprint density at radius 2 is 1.51 bits per heavy atom. The first-order valence-electron chi connectivity index (χ1n) is 16.9. The maximum atomic E-state index is 13.2. The molecule has 0 aliphatic rings. The summed E-state index contributed by atoms with van der Waals surface area (Å²) in [6.45, 7) is 5.86. The third kappa shape index (κ3) is 16.0. The van der Waals surface area contributed by atoms with Crippen molar-refractivity contribution in [2.45, 2.75) is 89.9 Å². The number of para-hydroxylation sites is 1. The lowest BCUT2D eigenvalue weighted by Gasteiger charge is -2.25. The Morgan fingerprint density at radius 1 is 0.863 bits per heavy atom. The Hall–Kier alpha value is -5.12. The van der Waals surface area contributed by atoms with E-state index in [-0.39, 0.29) is 42.7 Å². The second-order valence-electron chi connectivity index (χ2n) is 12.8. The molecule has 0 aliphatic heterocycles. The average molecular weight is 708 g/mol. The average Bonchev–Trinajstić information content (AvgIpc) is 3.48. The van der Waals surface area contributed by atoms with Gasteiger partial charge >= 0.3 is 5.97 Å². The number of hydrazine groups is 1. The first-order chi connectivity index (χ1) is 24.2. The highest BCUT2D eigenvalue weighted by Gasteiger charge is 2.26. The van der Waals surface area contributed by atoms with E-state index in [4.69, 9.17) is 28.0 Å². The molecule has 0 unspecified atom stereocenters. The number of nitrogens with one attached hydrogen (secondary N) is 4. The van der Waals surface area contributed by atoms with Gasteiger partial charge < -0.3 is 38.3 Å². The molecule has 3 aromatic rings. The van der Waals surface area contributed by atoms with E-state index in [0.717, 1.165) is 22.0 Å². The lowest BCUT2D eigenvalue weighted by Crippen LogP contribution is -2.57. The molecule has 0 fully saturated rings. The van der Waals surface area contributed by atoms with Gasteiger partial charge in [0.1, 0.15) is 23.7 Å². The smallest absolute Gasteiger partial charge is 0.303 e. The van der Waals surface area contributed by atoms with Crippen LogP contribution in [0.4, 0.5) is 0 Å². The second kappa shape index (κ2) is 21.9. The molecule has 0 radical (unpaired) electrons. The first kappa shape index (κ1) is 42.0. The zero-order chi connectivity index (χ0) is 37.9. The molecule has 2 aromatic carbocycles. The lowest BCUT2D eigenvalue weighted by atomic mass is 10.0. The van der Waals surface area contributed by atoms with Crippen molar-refractivity contribution >= 4 is 46.2 Å². The topological polar surface area (TPSA) is 274 Å². The van der Waals surface area contributed by atoms with E-state index in [0.29, 0.717) is 32.2 Å². The summed E-state index contributed by atoms with van der Waals surface area (Å²) in [6.07, 6.45) is 3.83. The number of aliphatic imine (C=N–C) groups is 1. The molecule has 0 saturated carbocycles. The summed E-state index contributed by atoms with van der Waals surface area (Å²) < 4.78 is 0. The molecule has 15 nitrogen and oxygen atoms in total. The zero-order valence-corrected chi connectivity index (χ0v) is 29.6. The van der Waals surface area contributed by atoms with E-state index in [1.54, 1.807) is 0 Å². The van der Waals surface area contributed by atoms with Crippen molar-refractivity contribution in [1.82, 2.24) is 21.2 Å². The predicted octanol–water partition coefficient (Wildman–Crippen LogP) is 1.19. The number of aromatic amines is 1. The molecule has 51 heavy (non-hydrogen) atoms. The van der Waals surface area contributed by atoms with Gasteiger partial charge in [0, 0.05) is 36.5 Å². The fraction of sp³-hybridized carbons (Fsp3) is 0.444. The van der Waals surface area contributed by atoms with Crippen LogP contribution in [0.3, 0.4) is 0 Å². The number of nitrogens with two attached hydrogens (primary N) is 4. The molecule has 15 heteroatoms. The van der Waals surface area contributed by atoms with Crippen LogP contribution in [0.1, 0.15) is 64.0 Å². The number of guanidine groups is 1. The van der Waals surface area contributed by atoms with E-state index in [9.17, 15) is 24.0 Å². The van der Waals surface area contributed by atoms with Crippen LogP contribution in [0.2, 0.25) is 0 Å². The van der Waals surface area contributed by atoms with Crippen LogP contribution >= 0.6 is 0 Å². The number of primary amides is 1. The Balaban J connectivity index is 0.000000469. The number of carbonyl (C=O) groups is 5. The molecule has 4 atom stereocenters. The number of benzene rings is 2. The maximum absolute atomic E-state index is 13.2. The number of aromatic nitrogens is 1. The Labute approximate surface area is 298 Å². The summed E-state index contributed by atoms with van der Waals surface area (Å²) >= 11 is 0. The SMILES string of the molecule is CC(=O)[C@H](CC(C)C)NN[C@@H](CCCN=C(N)N)C(=O)N[C@@H](Cc1c[nH]c2ccccc12)C(N)=O.N[C@@H](Cc1ccccc1)C(=O)CCC(=O)O. The molecule has 278 valence electrons. The first-order valence-corrected chi connectivity index (χ1v) is 16.9. The number of nitrogens with zero attached hydrogens (tertiary/aromatic N) is 1. The van der Waals surface area contributed by atoms with Gasteiger partial charge in [-0.25, -0.2) is 10.9 Å². The van der Waals surface area contributed by atoms with Crippen molar-refractivity contribution in [2.75, 3.05) is 6.54 Å². The molecule has 0 spiro atoms. The van der Waals surface area contributed by atoms with Gasteiger partial charge in [-0.05, 0) is 55.7 Å². The van der Waals surface area contributed by atoms with Crippen LogP contribution < -0.4 is 39.1 Å². The third-order valence-electron chi connectivity index (χ3n) is 7.95. The number of aliphatic carboxylic acids is 1. The van der Waals surface area contributed by atoms with Crippen molar-refractivity contribution < 1.29 is 29.1 Å². The number of fused-ring (bicyclic) bond motifs is 1. The highest BCUT2D eigenvalue weighted by molar-refractivity contribution is 5.90. The molecule has 0 aliphatic carbocycles. The molecule has 1 aromatic heterocycles. The summed E-state index contributed by atoms with van der Waals surface area (Å²) in [5, 5.41) is 12.2. The molecule has 3 rings (SSSR count). The number of Topliss-reactive ketones (excluding diaryl/α,β-unsaturated/α-hetero) is 2. The molecular formula is C36H53N9O6. The van der Waals surface area contributed by atoms with Crippen molar-refractivity contribution in [2.24, 2.45) is 33.8 Å². The van der Waals surface area contributed by atoms with E-state index >= 15 is 0 Å². The van der Waals surface area contributed by atoms with Gasteiger partial charge in [0.15, 0.2) is 5.96 Å². The van der Waals surface area contributed by atoms with Crippen molar-refractivity contribution in [3.05, 3.63) is 71.9 Å². The minimum absolute atomic E-state index is 0.00331. The number of hydrogen-bond acceptors (Lipinski definition) is 9. The van der Waals surface area contributed by atoms with Crippen LogP contribution in [0.5, 0.6) is 0 Å². The maximum Gasteiger partial charge on any atom is 0.303 e. The van der Waals surface area contributed by atoms with Crippen LogP contribution in [-0.4, -0.2) is 76.1 Å². The van der Waals surface area contributed by atoms with E-state index < -0.39 is 42.0 Å². The number of carboxylic acids is 1. The molecule has 2 amide bonds. The van der Waals surface area contributed by atoms with E-state index in [1.165, 1.54) is 6.92 Å². The highest BCUT2D eigenvalue weighted by Crippen LogP contribution is 2.19. The quantitative estimate of drug-likeness (QED) is 0.0328. The number of H-pyrrole nitrogens is 1. The van der Waals surface area contributed by atoms with Crippen LogP contribution in [0.15, 0.2) is 65.8 Å². The minimum Gasteiger partial charge on any atom is -0.481 e. The van der Waals surface area contributed by atoms with Gasteiger partial charge in [0.05, 0.1) is 18.5 Å². The molecule has 0 saturated heterocycles. The standard InChI is InChI=1S/C24H38N8O3.C12H15NO3/c1-14(2)11-20(15(3)33)32-31-19(9-6-10-28-24(26)27)23(35)30-21(22(25)34)12-16-13-29-18-8-5-4-7-17(16)18;13-10(11(14)6-7-12(15)16)8-9-4-2-1-3-5-9/h4-5,7-8,13-14,19-21,29,31-32H,6,9-12H2,1-3H3,(H2,25,34)(H,30,35)(H4,26,27,28);1-5,10H,6-8,13H2,(H,15,16)/t19-,20-,21-;10-/m00/s1. The van der Waals surface area contributed by atoms with Gasteiger partial charge in [-0.3, -0.25) is 29.0 Å². The number of rotatable bonds is 21. The van der Waals surface area contributed by atoms with Crippen LogP contribution in [0.25, 0.3) is 10.9 Å². The van der Waals surface area contributed by atoms with Gasteiger partial charge in [-0.1, -0.05) is 62.4 Å². The summed E-state index contributed by atoms with van der Waals surface area (Å²) in [5.41, 5.74) is 30.8. The highest BCUT2D eigenvalue weighted by atomic mass is 16.4. The van der Waals surface area contributed by atoms with Crippen molar-refractivity contribution in [3.8, 4) is 0 Å². The monoisotopic (exact) mass is 707 g/mol. The fourth-order valence-corrected chi connectivity index (χ4v) is 5.18. The van der Waals surface area contributed by atoms with Gasteiger partial charge in [-0.2, -0.15) is 0 Å². The summed E-state index contributed by atoms with van der Waals surface area (Å²) in [5.74, 6) is -2.03. The number of carboxylic acid groups (broad SMARTS) is 1. The zero-order valence-electron chi connectivity index (χ0n) is 29.6. The fourth-order valence-electron chi connectivity index (χ4n) is 5.18. The Kier molecular flexibility index (Phi) is 18.0. The predicted molar refractivity (Wildman–Crippen MR) is 197 cm³/mol. The normalized spacial score (nSPS) is 13.3.